The number of esters is 1. The average Bonchev–Trinajstić information content (AvgIpc) is 3.49. The van der Waals surface area contributed by atoms with Gasteiger partial charge in [0.2, 0.25) is 0 Å². The van der Waals surface area contributed by atoms with Crippen LogP contribution in [0.25, 0.3) is 28.1 Å². The topological polar surface area (TPSA) is 109 Å². The van der Waals surface area contributed by atoms with Crippen LogP contribution in [0.2, 0.25) is 0 Å². The first-order valence-corrected chi connectivity index (χ1v) is 12.8. The number of amides is 1. The van der Waals surface area contributed by atoms with E-state index in [0.29, 0.717) is 47.6 Å². The smallest absolute Gasteiger partial charge is 0.410 e. The van der Waals surface area contributed by atoms with Crippen molar-refractivity contribution >= 4 is 23.2 Å². The summed E-state index contributed by atoms with van der Waals surface area (Å²) in [6.07, 6.45) is 3.55. The van der Waals surface area contributed by atoms with Gasteiger partial charge < -0.3 is 14.4 Å². The van der Waals surface area contributed by atoms with Gasteiger partial charge in [0.1, 0.15) is 5.60 Å². The van der Waals surface area contributed by atoms with Gasteiger partial charge in [0, 0.05) is 24.8 Å². The van der Waals surface area contributed by atoms with Crippen LogP contribution < -0.4 is 5.69 Å². The van der Waals surface area contributed by atoms with Crippen molar-refractivity contribution in [3.63, 3.8) is 0 Å². The summed E-state index contributed by atoms with van der Waals surface area (Å²) in [6.45, 7) is 8.26. The predicted molar refractivity (Wildman–Crippen MR) is 146 cm³/mol. The van der Waals surface area contributed by atoms with Crippen LogP contribution in [0.15, 0.2) is 59.7 Å². The highest BCUT2D eigenvalue weighted by atomic mass is 16.6. The first kappa shape index (κ1) is 26.1. The quantitative estimate of drug-likeness (QED) is 0.358. The van der Waals surface area contributed by atoms with Crippen molar-refractivity contribution in [1.82, 2.24) is 24.0 Å². The van der Waals surface area contributed by atoms with E-state index in [1.165, 1.54) is 7.11 Å². The van der Waals surface area contributed by atoms with Gasteiger partial charge in [-0.3, -0.25) is 14.1 Å². The minimum atomic E-state index is -0.593. The van der Waals surface area contributed by atoms with E-state index >= 15 is 0 Å². The molecule has 0 N–H and O–H groups in total. The lowest BCUT2D eigenvalue weighted by atomic mass is 10.0. The molecule has 1 unspecified atom stereocenters. The van der Waals surface area contributed by atoms with Crippen molar-refractivity contribution in [2.45, 2.75) is 45.8 Å². The Labute approximate surface area is 225 Å². The Bertz CT molecular complexity index is 1610. The maximum atomic E-state index is 13.8. The standard InChI is InChI=1S/C29H31N5O5/c1-18-15-19(26(35)38-5)8-10-22(18)23-11-9-20(16-31-23)33-24-7-6-13-30-25(24)34(27(33)36)21-12-14-32(17-21)28(37)39-29(2,3)4/h6-11,13,15-16,21H,12,14,17H2,1-5H3. The second kappa shape index (κ2) is 10.0. The van der Waals surface area contributed by atoms with Crippen LogP contribution in [0.1, 0.15) is 49.2 Å². The first-order chi connectivity index (χ1) is 18.6. The van der Waals surface area contributed by atoms with Crippen LogP contribution in [0.5, 0.6) is 0 Å². The third-order valence-corrected chi connectivity index (χ3v) is 6.74. The van der Waals surface area contributed by atoms with Gasteiger partial charge >= 0.3 is 17.8 Å². The van der Waals surface area contributed by atoms with Gasteiger partial charge in [-0.05, 0) is 76.1 Å². The summed E-state index contributed by atoms with van der Waals surface area (Å²) in [5.41, 5.74) is 3.92. The number of pyridine rings is 2. The molecule has 4 heterocycles. The lowest BCUT2D eigenvalue weighted by Gasteiger charge is -2.24. The van der Waals surface area contributed by atoms with Gasteiger partial charge in [0.25, 0.3) is 0 Å². The predicted octanol–water partition coefficient (Wildman–Crippen LogP) is 4.53. The van der Waals surface area contributed by atoms with Crippen LogP contribution in [0.3, 0.4) is 0 Å². The Balaban J connectivity index is 1.47. The summed E-state index contributed by atoms with van der Waals surface area (Å²) in [4.78, 5) is 49.1. The molecule has 202 valence electrons. The van der Waals surface area contributed by atoms with Gasteiger partial charge in [0.05, 0.1) is 41.8 Å². The van der Waals surface area contributed by atoms with E-state index in [2.05, 4.69) is 9.97 Å². The number of aryl methyl sites for hydroxylation is 1. The minimum absolute atomic E-state index is 0.230. The largest absolute Gasteiger partial charge is 0.465 e. The zero-order chi connectivity index (χ0) is 27.9. The number of nitrogens with zero attached hydrogens (tertiary/aromatic N) is 5. The average molecular weight is 530 g/mol. The van der Waals surface area contributed by atoms with E-state index in [1.807, 2.05) is 52.0 Å². The van der Waals surface area contributed by atoms with Gasteiger partial charge in [0.15, 0.2) is 5.65 Å². The molecule has 0 spiro atoms. The van der Waals surface area contributed by atoms with Crippen molar-refractivity contribution in [3.05, 3.63) is 76.5 Å². The molecule has 39 heavy (non-hydrogen) atoms. The molecule has 10 nitrogen and oxygen atoms in total. The highest BCUT2D eigenvalue weighted by molar-refractivity contribution is 5.90. The Kier molecular flexibility index (Phi) is 6.71. The molecule has 1 aliphatic rings. The molecule has 1 amide bonds. The number of hydrogen-bond donors (Lipinski definition) is 0. The molecule has 0 bridgehead atoms. The van der Waals surface area contributed by atoms with Gasteiger partial charge in [-0.25, -0.2) is 19.4 Å². The van der Waals surface area contributed by atoms with E-state index in [-0.39, 0.29) is 17.8 Å². The van der Waals surface area contributed by atoms with E-state index in [0.717, 1.165) is 11.1 Å². The molecule has 0 saturated carbocycles. The molecule has 1 atom stereocenters. The third-order valence-electron chi connectivity index (χ3n) is 6.74. The zero-order valence-corrected chi connectivity index (χ0v) is 22.7. The Morgan fingerprint density at radius 2 is 1.87 bits per heavy atom. The molecule has 1 fully saturated rings. The van der Waals surface area contributed by atoms with Crippen LogP contribution in [0, 0.1) is 6.92 Å². The monoisotopic (exact) mass is 529 g/mol. The summed E-state index contributed by atoms with van der Waals surface area (Å²) >= 11 is 0. The second-order valence-corrected chi connectivity index (χ2v) is 10.6. The second-order valence-electron chi connectivity index (χ2n) is 10.6. The number of benzene rings is 1. The Morgan fingerprint density at radius 3 is 2.54 bits per heavy atom. The summed E-state index contributed by atoms with van der Waals surface area (Å²) in [5, 5.41) is 0. The molecule has 0 aliphatic carbocycles. The molecule has 3 aromatic heterocycles. The fraction of sp³-hybridized carbons (Fsp3) is 0.345. The fourth-order valence-electron chi connectivity index (χ4n) is 4.95. The fourth-order valence-corrected chi connectivity index (χ4v) is 4.95. The highest BCUT2D eigenvalue weighted by Gasteiger charge is 2.33. The van der Waals surface area contributed by atoms with Crippen molar-refractivity contribution in [1.29, 1.82) is 0 Å². The molecular formula is C29H31N5O5. The maximum Gasteiger partial charge on any atom is 0.410 e. The van der Waals surface area contributed by atoms with Crippen LogP contribution in [-0.4, -0.2) is 61.9 Å². The lowest BCUT2D eigenvalue weighted by Crippen LogP contribution is -2.36. The molecular weight excluding hydrogens is 498 g/mol. The molecule has 5 rings (SSSR count). The Morgan fingerprint density at radius 1 is 1.08 bits per heavy atom. The van der Waals surface area contributed by atoms with E-state index in [9.17, 15) is 14.4 Å². The van der Waals surface area contributed by atoms with E-state index in [4.69, 9.17) is 9.47 Å². The number of imidazole rings is 1. The molecule has 1 saturated heterocycles. The van der Waals surface area contributed by atoms with Crippen LogP contribution in [-0.2, 0) is 9.47 Å². The number of ether oxygens (including phenoxy) is 2. The molecule has 1 aromatic carbocycles. The summed E-state index contributed by atoms with van der Waals surface area (Å²) in [6, 6.07) is 12.4. The SMILES string of the molecule is COC(=O)c1ccc(-c2ccc(-n3c(=O)n(C4CCN(C(=O)OC(C)(C)C)C4)c4ncccc43)cn2)c(C)c1. The summed E-state index contributed by atoms with van der Waals surface area (Å²) in [7, 11) is 1.35. The van der Waals surface area contributed by atoms with Crippen molar-refractivity contribution in [2.24, 2.45) is 0 Å². The third kappa shape index (κ3) is 5.01. The summed E-state index contributed by atoms with van der Waals surface area (Å²) < 4.78 is 13.6. The van der Waals surface area contributed by atoms with Gasteiger partial charge in [-0.1, -0.05) is 6.07 Å². The maximum absolute atomic E-state index is 13.8. The van der Waals surface area contributed by atoms with E-state index < -0.39 is 11.6 Å². The van der Waals surface area contributed by atoms with Crippen molar-refractivity contribution in [2.75, 3.05) is 20.2 Å². The number of aromatic nitrogens is 4. The molecule has 1 aliphatic heterocycles. The summed E-state index contributed by atoms with van der Waals surface area (Å²) in [5.74, 6) is -0.395. The highest BCUT2D eigenvalue weighted by Crippen LogP contribution is 2.28. The Hall–Kier alpha value is -4.47. The number of hydrogen-bond acceptors (Lipinski definition) is 7. The van der Waals surface area contributed by atoms with E-state index in [1.54, 1.807) is 44.6 Å². The van der Waals surface area contributed by atoms with Crippen molar-refractivity contribution in [3.8, 4) is 16.9 Å². The number of fused-ring (bicyclic) bond motifs is 1. The zero-order valence-electron chi connectivity index (χ0n) is 22.7. The number of methoxy groups -OCH3 is 1. The van der Waals surface area contributed by atoms with Crippen LogP contribution in [0.4, 0.5) is 4.79 Å². The number of carbonyl (C=O) groups excluding carboxylic acids is 2. The van der Waals surface area contributed by atoms with Crippen LogP contribution >= 0.6 is 0 Å². The van der Waals surface area contributed by atoms with Gasteiger partial charge in [-0.15, -0.1) is 0 Å². The van der Waals surface area contributed by atoms with Gasteiger partial charge in [-0.2, -0.15) is 0 Å². The molecule has 4 aromatic rings. The molecule has 10 heteroatoms. The first-order valence-electron chi connectivity index (χ1n) is 12.8. The molecule has 0 radical (unpaired) electrons. The number of rotatable bonds is 4. The number of likely N-dealkylation sites (tertiary alicyclic amines) is 1. The van der Waals surface area contributed by atoms with Crippen molar-refractivity contribution < 1.29 is 19.1 Å². The minimum Gasteiger partial charge on any atom is -0.465 e. The number of carbonyl (C=O) groups is 2. The normalized spacial score (nSPS) is 15.5. The lowest BCUT2D eigenvalue weighted by molar-refractivity contribution is 0.0288.